The third-order valence-corrected chi connectivity index (χ3v) is 2.78. The molecule has 16 heavy (non-hydrogen) atoms. The zero-order chi connectivity index (χ0) is 11.0. The largest absolute Gasteiger partial charge is 0.320 e. The summed E-state index contributed by atoms with van der Waals surface area (Å²) in [6, 6.07) is 7.44. The summed E-state index contributed by atoms with van der Waals surface area (Å²) in [4.78, 5) is 15.9. The Bertz CT molecular complexity index is 576. The summed E-state index contributed by atoms with van der Waals surface area (Å²) in [7, 11) is 0. The number of nitrogens with one attached hydrogen (secondary N) is 1. The van der Waals surface area contributed by atoms with E-state index >= 15 is 0 Å². The Morgan fingerprint density at radius 3 is 3.00 bits per heavy atom. The number of amides is 1. The minimum atomic E-state index is -0.198. The average molecular weight is 230 g/mol. The molecule has 0 bridgehead atoms. The monoisotopic (exact) mass is 230 g/mol. The fourth-order valence-corrected chi connectivity index (χ4v) is 1.95. The molecule has 0 atom stereocenters. The minimum absolute atomic E-state index is 0.198. The van der Waals surface area contributed by atoms with Crippen LogP contribution in [0.25, 0.3) is 0 Å². The molecule has 0 radical (unpaired) electrons. The first kappa shape index (κ1) is 9.17. The molecule has 0 saturated heterocycles. The van der Waals surface area contributed by atoms with Gasteiger partial charge in [-0.1, -0.05) is 29.5 Å². The SMILES string of the molecule is O=C1Nc2ccccc2C1=Nc1nncs1. The van der Waals surface area contributed by atoms with E-state index in [1.165, 1.54) is 11.3 Å². The molecule has 0 unspecified atom stereocenters. The van der Waals surface area contributed by atoms with Crippen LogP contribution in [0.2, 0.25) is 0 Å². The summed E-state index contributed by atoms with van der Waals surface area (Å²) in [6.45, 7) is 0. The number of rotatable bonds is 1. The van der Waals surface area contributed by atoms with Crippen LogP contribution in [0.5, 0.6) is 0 Å². The van der Waals surface area contributed by atoms with Crippen LogP contribution in [0.3, 0.4) is 0 Å². The Balaban J connectivity index is 2.12. The van der Waals surface area contributed by atoms with Crippen molar-refractivity contribution in [1.82, 2.24) is 10.2 Å². The summed E-state index contributed by atoms with van der Waals surface area (Å²) in [5.41, 5.74) is 3.57. The van der Waals surface area contributed by atoms with Crippen molar-refractivity contribution in [2.24, 2.45) is 4.99 Å². The molecule has 1 aromatic heterocycles. The van der Waals surface area contributed by atoms with Gasteiger partial charge < -0.3 is 5.32 Å². The molecule has 1 aliphatic rings. The summed E-state index contributed by atoms with van der Waals surface area (Å²) in [6.07, 6.45) is 0. The fraction of sp³-hybridized carbons (Fsp3) is 0. The standard InChI is InChI=1S/C10H6N4OS/c15-9-8(13-10-14-11-5-16-10)6-3-1-2-4-7(6)12-9/h1-5H,(H,12,13,14,15). The molecule has 2 heterocycles. The molecule has 2 aromatic rings. The summed E-state index contributed by atoms with van der Waals surface area (Å²) < 4.78 is 0. The van der Waals surface area contributed by atoms with E-state index in [2.05, 4.69) is 20.5 Å². The molecule has 5 nitrogen and oxygen atoms in total. The number of hydrogen-bond acceptors (Lipinski definition) is 5. The maximum Gasteiger partial charge on any atom is 0.275 e. The molecule has 1 aliphatic heterocycles. The minimum Gasteiger partial charge on any atom is -0.320 e. The third kappa shape index (κ3) is 1.40. The van der Waals surface area contributed by atoms with Crippen molar-refractivity contribution >= 4 is 33.8 Å². The van der Waals surface area contributed by atoms with E-state index in [-0.39, 0.29) is 5.91 Å². The van der Waals surface area contributed by atoms with Crippen LogP contribution in [0.15, 0.2) is 34.8 Å². The van der Waals surface area contributed by atoms with Gasteiger partial charge in [0.1, 0.15) is 11.2 Å². The first-order valence-corrected chi connectivity index (χ1v) is 5.48. The van der Waals surface area contributed by atoms with E-state index in [9.17, 15) is 4.79 Å². The summed E-state index contributed by atoms with van der Waals surface area (Å²) in [5.74, 6) is -0.198. The Hall–Kier alpha value is -2.08. The van der Waals surface area contributed by atoms with E-state index in [4.69, 9.17) is 0 Å². The van der Waals surface area contributed by atoms with E-state index in [1.54, 1.807) is 5.51 Å². The predicted octanol–water partition coefficient (Wildman–Crippen LogP) is 1.61. The van der Waals surface area contributed by atoms with Crippen LogP contribution < -0.4 is 5.32 Å². The molecule has 1 aromatic carbocycles. The van der Waals surface area contributed by atoms with Crippen LogP contribution in [0.1, 0.15) is 5.56 Å². The second kappa shape index (κ2) is 3.49. The Labute approximate surface area is 94.9 Å². The molecule has 0 aliphatic carbocycles. The normalized spacial score (nSPS) is 16.2. The Morgan fingerprint density at radius 2 is 2.19 bits per heavy atom. The summed E-state index contributed by atoms with van der Waals surface area (Å²) >= 11 is 1.30. The lowest BCUT2D eigenvalue weighted by molar-refractivity contribution is -0.110. The van der Waals surface area contributed by atoms with Gasteiger partial charge in [-0.3, -0.25) is 4.79 Å². The molecule has 0 saturated carbocycles. The zero-order valence-corrected chi connectivity index (χ0v) is 8.86. The van der Waals surface area contributed by atoms with Crippen molar-refractivity contribution in [1.29, 1.82) is 0 Å². The van der Waals surface area contributed by atoms with Crippen molar-refractivity contribution in [2.45, 2.75) is 0 Å². The number of carbonyl (C=O) groups is 1. The van der Waals surface area contributed by atoms with E-state index < -0.39 is 0 Å². The molecule has 3 rings (SSSR count). The number of carbonyl (C=O) groups excluding carboxylic acids is 1. The van der Waals surface area contributed by atoms with Crippen LogP contribution in [-0.4, -0.2) is 21.8 Å². The van der Waals surface area contributed by atoms with Crippen molar-refractivity contribution in [2.75, 3.05) is 5.32 Å². The number of aliphatic imine (C=N–C) groups is 1. The molecule has 6 heteroatoms. The third-order valence-electron chi connectivity index (χ3n) is 2.20. The number of hydrogen-bond donors (Lipinski definition) is 1. The molecule has 0 spiro atoms. The van der Waals surface area contributed by atoms with E-state index in [0.29, 0.717) is 10.8 Å². The molecule has 1 N–H and O–H groups in total. The fourth-order valence-electron chi connectivity index (χ4n) is 1.53. The molecular weight excluding hydrogens is 224 g/mol. The highest BCUT2D eigenvalue weighted by Crippen LogP contribution is 2.25. The first-order chi connectivity index (χ1) is 7.84. The average Bonchev–Trinajstić information content (AvgIpc) is 2.89. The van der Waals surface area contributed by atoms with Gasteiger partial charge in [0.15, 0.2) is 0 Å². The van der Waals surface area contributed by atoms with Gasteiger partial charge >= 0.3 is 0 Å². The topological polar surface area (TPSA) is 67.2 Å². The Morgan fingerprint density at radius 1 is 1.31 bits per heavy atom. The van der Waals surface area contributed by atoms with Gasteiger partial charge in [0.2, 0.25) is 5.13 Å². The van der Waals surface area contributed by atoms with Crippen LogP contribution in [0.4, 0.5) is 10.8 Å². The lowest BCUT2D eigenvalue weighted by atomic mass is 10.1. The van der Waals surface area contributed by atoms with Crippen molar-refractivity contribution < 1.29 is 4.79 Å². The highest BCUT2D eigenvalue weighted by molar-refractivity contribution is 7.13. The van der Waals surface area contributed by atoms with Crippen molar-refractivity contribution in [3.05, 3.63) is 35.3 Å². The van der Waals surface area contributed by atoms with Gasteiger partial charge in [0.25, 0.3) is 5.91 Å². The van der Waals surface area contributed by atoms with Crippen molar-refractivity contribution in [3.8, 4) is 0 Å². The lowest BCUT2D eigenvalue weighted by Gasteiger charge is -1.94. The Kier molecular flexibility index (Phi) is 2.00. The number of benzene rings is 1. The maximum absolute atomic E-state index is 11.7. The zero-order valence-electron chi connectivity index (χ0n) is 8.04. The van der Waals surface area contributed by atoms with Crippen LogP contribution >= 0.6 is 11.3 Å². The van der Waals surface area contributed by atoms with Gasteiger partial charge in [-0.05, 0) is 6.07 Å². The highest BCUT2D eigenvalue weighted by Gasteiger charge is 2.25. The number of para-hydroxylation sites is 1. The van der Waals surface area contributed by atoms with Crippen molar-refractivity contribution in [3.63, 3.8) is 0 Å². The molecule has 78 valence electrons. The number of aromatic nitrogens is 2. The highest BCUT2D eigenvalue weighted by atomic mass is 32.1. The van der Waals surface area contributed by atoms with Gasteiger partial charge in [0, 0.05) is 5.56 Å². The first-order valence-electron chi connectivity index (χ1n) is 4.60. The van der Waals surface area contributed by atoms with Gasteiger partial charge in [-0.25, -0.2) is 4.99 Å². The molecule has 1 amide bonds. The quantitative estimate of drug-likeness (QED) is 0.809. The van der Waals surface area contributed by atoms with Crippen LogP contribution in [0, 0.1) is 0 Å². The van der Waals surface area contributed by atoms with Gasteiger partial charge in [-0.15, -0.1) is 10.2 Å². The number of fused-ring (bicyclic) bond motifs is 1. The maximum atomic E-state index is 11.7. The molecular formula is C10H6N4OS. The smallest absolute Gasteiger partial charge is 0.275 e. The molecule has 0 fully saturated rings. The second-order valence-electron chi connectivity index (χ2n) is 3.18. The van der Waals surface area contributed by atoms with Crippen LogP contribution in [-0.2, 0) is 4.79 Å². The summed E-state index contributed by atoms with van der Waals surface area (Å²) in [5, 5.41) is 10.7. The van der Waals surface area contributed by atoms with E-state index in [0.717, 1.165) is 11.3 Å². The number of anilines is 1. The van der Waals surface area contributed by atoms with Gasteiger partial charge in [-0.2, -0.15) is 0 Å². The second-order valence-corrected chi connectivity index (χ2v) is 3.99. The van der Waals surface area contributed by atoms with Gasteiger partial charge in [0.05, 0.1) is 5.69 Å². The predicted molar refractivity (Wildman–Crippen MR) is 61.2 cm³/mol. The lowest BCUT2D eigenvalue weighted by Crippen LogP contribution is -2.13. The number of nitrogens with zero attached hydrogens (tertiary/aromatic N) is 3. The van der Waals surface area contributed by atoms with E-state index in [1.807, 2.05) is 24.3 Å².